The van der Waals surface area contributed by atoms with Crippen molar-refractivity contribution in [3.8, 4) is 28.7 Å². The molecule has 4 aliphatic rings. The Labute approximate surface area is 540 Å². The first-order chi connectivity index (χ1) is 45.0. The molecule has 29 heteroatoms. The van der Waals surface area contributed by atoms with Crippen LogP contribution in [0.5, 0.6) is 28.7 Å². The van der Waals surface area contributed by atoms with Gasteiger partial charge in [-0.3, -0.25) is 43.2 Å². The van der Waals surface area contributed by atoms with Crippen LogP contribution in [-0.4, -0.2) is 146 Å². The Morgan fingerprint density at radius 2 is 0.937 bits per heavy atom. The Bertz CT molecular complexity index is 4360. The average Bonchev–Trinajstić information content (AvgIpc) is 0.905. The summed E-state index contributed by atoms with van der Waals surface area (Å²) in [5, 5.41) is 61.9. The van der Waals surface area contributed by atoms with Crippen LogP contribution in [0.1, 0.15) is 129 Å². The number of carbonyl (C=O) groups is 6. The summed E-state index contributed by atoms with van der Waals surface area (Å²) < 4.78 is 26.9. The van der Waals surface area contributed by atoms with Crippen LogP contribution in [0.2, 0.25) is 0 Å². The topological polar surface area (TPSA) is 414 Å². The third-order valence-electron chi connectivity index (χ3n) is 16.5. The smallest absolute Gasteiger partial charge is 0.329 e. The highest BCUT2D eigenvalue weighted by atomic mass is 16.6. The number of rotatable bonds is 20. The van der Waals surface area contributed by atoms with Crippen molar-refractivity contribution in [3.63, 3.8) is 0 Å². The first-order valence-corrected chi connectivity index (χ1v) is 30.6. The van der Waals surface area contributed by atoms with Crippen LogP contribution < -0.4 is 63.3 Å². The second kappa shape index (κ2) is 27.8. The van der Waals surface area contributed by atoms with Crippen molar-refractivity contribution in [2.45, 2.75) is 117 Å². The Kier molecular flexibility index (Phi) is 20.0. The molecule has 6 aromatic carbocycles. The molecule has 4 aliphatic heterocycles. The molecule has 11 rings (SSSR count). The van der Waals surface area contributed by atoms with Crippen LogP contribution in [0, 0.1) is 12.3 Å². The zero-order valence-corrected chi connectivity index (χ0v) is 52.9. The lowest BCUT2D eigenvalue weighted by molar-refractivity contribution is -0.159. The van der Waals surface area contributed by atoms with E-state index in [1.165, 1.54) is 69.3 Å². The number of carboxylic acid groups (broad SMARTS) is 2. The van der Waals surface area contributed by atoms with E-state index in [1.807, 2.05) is 19.9 Å². The van der Waals surface area contributed by atoms with E-state index in [0.29, 0.717) is 69.8 Å². The Morgan fingerprint density at radius 3 is 1.29 bits per heavy atom. The zero-order chi connectivity index (χ0) is 69.1. The van der Waals surface area contributed by atoms with E-state index >= 15 is 0 Å². The monoisotopic (exact) mass is 1310 g/mol. The highest BCUT2D eigenvalue weighted by molar-refractivity contribution is 6.03. The number of anilines is 7. The van der Waals surface area contributed by atoms with Gasteiger partial charge in [0.05, 0.1) is 66.2 Å². The molecule has 502 valence electrons. The summed E-state index contributed by atoms with van der Waals surface area (Å²) in [5.41, 5.74) is -5.83. The van der Waals surface area contributed by atoms with Gasteiger partial charge in [-0.1, -0.05) is 25.1 Å². The zero-order valence-electron chi connectivity index (χ0n) is 52.9. The molecule has 0 spiro atoms. The molecule has 29 nitrogen and oxygen atoms in total. The van der Waals surface area contributed by atoms with Crippen LogP contribution in [0.25, 0.3) is 0 Å². The number of hydrogen-bond acceptors (Lipinski definition) is 24. The van der Waals surface area contributed by atoms with E-state index in [0.717, 1.165) is 0 Å². The molecule has 4 saturated heterocycles. The number of aliphatic carboxylic acids is 2. The third kappa shape index (κ3) is 13.8. The lowest BCUT2D eigenvalue weighted by Crippen LogP contribution is -2.49. The number of amides is 3. The third-order valence-corrected chi connectivity index (χ3v) is 16.5. The van der Waals surface area contributed by atoms with Crippen LogP contribution in [0.15, 0.2) is 99.9 Å². The average molecular weight is 1310 g/mol. The predicted octanol–water partition coefficient (Wildman–Crippen LogP) is 5.41. The Hall–Kier alpha value is -10.8. The molecular formula is C66H71N7O22. The molecule has 4 atom stereocenters. The predicted molar refractivity (Wildman–Crippen MR) is 343 cm³/mol. The molecule has 4 fully saturated rings. The molecule has 3 amide bonds. The summed E-state index contributed by atoms with van der Waals surface area (Å²) in [5.74, 6) is -4.66. The van der Waals surface area contributed by atoms with Gasteiger partial charge in [0.25, 0.3) is 50.3 Å². The van der Waals surface area contributed by atoms with Crippen molar-refractivity contribution < 1.29 is 77.7 Å². The van der Waals surface area contributed by atoms with Crippen LogP contribution in [0.3, 0.4) is 0 Å². The number of nitrogens with one attached hydrogen (secondary N) is 4. The van der Waals surface area contributed by atoms with Gasteiger partial charge in [0.15, 0.2) is 28.7 Å². The molecule has 7 aromatic rings. The molecular weight excluding hydrogens is 1240 g/mol. The number of ether oxygens (including phenoxy) is 4. The normalized spacial score (nSPS) is 17.6. The molecule has 9 N–H and O–H groups in total. The number of furan rings is 1. The molecule has 5 heterocycles. The quantitative estimate of drug-likeness (QED) is 0.0262. The highest BCUT2D eigenvalue weighted by Crippen LogP contribution is 2.44. The van der Waals surface area contributed by atoms with Gasteiger partial charge in [-0.2, -0.15) is 0 Å². The van der Waals surface area contributed by atoms with Crippen molar-refractivity contribution >= 4 is 75.4 Å². The number of para-hydroxylation sites is 3. The summed E-state index contributed by atoms with van der Waals surface area (Å²) in [6.07, 6.45) is 2.89. The lowest BCUT2D eigenvalue weighted by Gasteiger charge is -2.44. The van der Waals surface area contributed by atoms with Gasteiger partial charge in [0.2, 0.25) is 0 Å². The first-order valence-electron chi connectivity index (χ1n) is 30.6. The number of carboxylic acids is 2. The van der Waals surface area contributed by atoms with E-state index in [2.05, 4.69) is 21.3 Å². The van der Waals surface area contributed by atoms with E-state index in [4.69, 9.17) is 23.4 Å². The number of esters is 1. The molecule has 0 radical (unpaired) electrons. The number of aryl methyl sites for hydroxylation is 1. The van der Waals surface area contributed by atoms with Crippen molar-refractivity contribution in [3.05, 3.63) is 156 Å². The number of phenolic OH excluding ortho intramolecular Hbond substituents is 3. The van der Waals surface area contributed by atoms with Crippen molar-refractivity contribution in [1.29, 1.82) is 0 Å². The minimum atomic E-state index is -1.11. The molecule has 1 aromatic heterocycles. The minimum Gasteiger partial charge on any atom is -0.505 e. The van der Waals surface area contributed by atoms with Gasteiger partial charge in [0, 0.05) is 25.0 Å². The van der Waals surface area contributed by atoms with Crippen molar-refractivity contribution in [1.82, 2.24) is 14.7 Å². The molecule has 95 heavy (non-hydrogen) atoms. The van der Waals surface area contributed by atoms with Gasteiger partial charge in [-0.15, -0.1) is 0 Å². The van der Waals surface area contributed by atoms with Crippen LogP contribution in [-0.2, 0) is 23.9 Å². The molecule has 0 aliphatic carbocycles. The van der Waals surface area contributed by atoms with Gasteiger partial charge in [-0.25, -0.2) is 14.4 Å². The minimum absolute atomic E-state index is 0.0304. The summed E-state index contributed by atoms with van der Waals surface area (Å²) in [7, 11) is 0. The van der Waals surface area contributed by atoms with Crippen LogP contribution in [0.4, 0.5) is 39.8 Å². The van der Waals surface area contributed by atoms with Crippen molar-refractivity contribution in [2.75, 3.05) is 67.3 Å². The number of nitrogens with zero attached hydrogens (tertiary/aromatic N) is 3. The van der Waals surface area contributed by atoms with Crippen LogP contribution >= 0.6 is 0 Å². The van der Waals surface area contributed by atoms with E-state index in [-0.39, 0.29) is 99.7 Å². The Morgan fingerprint density at radius 1 is 0.558 bits per heavy atom. The maximum Gasteiger partial charge on any atom is 0.329 e. The SMILES string of the molecule is CCOc1c(Nc2cccc(C(=O)N3CCC[C@@H]3C(=O)O)c2O)c(=O)c1=O.CCOc1c(Nc2cccc(C(=O)N3CCC[C@@H]3C(=O)OC(C)(C)C)c2O)c(=O)c1=O.Cc1ccc(C(Nc2c(Nc3cccc(C(=O)N4CCC[C@@H]4C(=O)O)c3O)c(=O)c2=O)C2(C)COC2)o1. The first kappa shape index (κ1) is 68.5. The van der Waals surface area contributed by atoms with E-state index in [1.54, 1.807) is 40.7 Å². The fourth-order valence-corrected chi connectivity index (χ4v) is 11.6. The largest absolute Gasteiger partial charge is 0.505 e. The number of aromatic hydroxyl groups is 3. The number of hydrogen-bond donors (Lipinski definition) is 9. The fourth-order valence-electron chi connectivity index (χ4n) is 11.6. The number of likely N-dealkylation sites (tertiary alicyclic amines) is 3. The maximum absolute atomic E-state index is 13.1. The van der Waals surface area contributed by atoms with Gasteiger partial charge >= 0.3 is 17.9 Å². The maximum atomic E-state index is 13.1. The second-order valence-corrected chi connectivity index (χ2v) is 24.3. The number of carbonyl (C=O) groups excluding carboxylic acids is 4. The van der Waals surface area contributed by atoms with Crippen molar-refractivity contribution in [2.24, 2.45) is 5.41 Å². The van der Waals surface area contributed by atoms with Gasteiger partial charge < -0.3 is 84.9 Å². The number of phenols is 3. The summed E-state index contributed by atoms with van der Waals surface area (Å²) >= 11 is 0. The van der Waals surface area contributed by atoms with Gasteiger partial charge in [0.1, 0.15) is 58.0 Å². The van der Waals surface area contributed by atoms with E-state index in [9.17, 15) is 83.1 Å². The summed E-state index contributed by atoms with van der Waals surface area (Å²) in [4.78, 5) is 150. The fraction of sp³-hybridized carbons (Fsp3) is 0.394. The number of benzene rings is 3. The Balaban J connectivity index is 0.000000170. The molecule has 1 unspecified atom stereocenters. The molecule has 0 saturated carbocycles. The summed E-state index contributed by atoms with van der Waals surface area (Å²) in [6.45, 7) is 14.5. The second-order valence-electron chi connectivity index (χ2n) is 24.3. The van der Waals surface area contributed by atoms with Gasteiger partial charge in [-0.05, 0) is 129 Å². The lowest BCUT2D eigenvalue weighted by atomic mass is 9.79. The van der Waals surface area contributed by atoms with E-state index < -0.39 is 115 Å². The standard InChI is InChI=1S/C26H27N3O8.C22H26N2O7.C18H18N2O7/c1-13-8-9-17(37-13)23(26(2)11-36-12-26)28-19-18(21(31)22(19)32)27-15-6-3-5-14(20(15)30)24(33)29-10-4-7-16(29)25(34)35;1-5-30-19-15(17(26)18(19)27)23-13-9-6-8-12(16(13)25)20(28)24-11-7-10-14(24)21(29)31-22(2,3)4;1-2-27-16-12(14(22)15(16)23)19-10-6-3-5-9(13(10)21)17(24)20-8-4-7-11(20)18(25)26/h3,5-6,8-9,16,23,27-28,30H,4,7,10-12H2,1-2H3,(H,34,35);6,8-9,14,23,25H,5,7,10-11H2,1-4H3;3,5-6,11,19,21H,2,4,7-8H2,1H3,(H,25,26)/t16-,23?;14-;11-/m111/s1. The molecule has 0 bridgehead atoms. The highest BCUT2D eigenvalue weighted by Gasteiger charge is 2.46. The summed E-state index contributed by atoms with van der Waals surface area (Å²) in [6, 6.07) is 13.6.